The van der Waals surface area contributed by atoms with Gasteiger partial charge in [-0.2, -0.15) is 0 Å². The standard InChI is InChI=1S/C17H18ClNO5S/c1-12-7-8-13(11-14(12)17(20)23-2)25(21,22)19-9-10-24-16-6-4-3-5-15(16)18/h3-8,11,19H,9-10H2,1-2H3. The van der Waals surface area contributed by atoms with Crippen LogP contribution in [-0.2, 0) is 14.8 Å². The average Bonchev–Trinajstić information content (AvgIpc) is 2.59. The molecular weight excluding hydrogens is 366 g/mol. The van der Waals surface area contributed by atoms with Crippen LogP contribution in [-0.4, -0.2) is 34.6 Å². The van der Waals surface area contributed by atoms with E-state index in [1.165, 1.54) is 19.2 Å². The number of sulfonamides is 1. The Morgan fingerprint density at radius 2 is 1.92 bits per heavy atom. The predicted octanol–water partition coefficient (Wildman–Crippen LogP) is 2.79. The predicted molar refractivity (Wildman–Crippen MR) is 94.7 cm³/mol. The third-order valence-corrected chi connectivity index (χ3v) is 5.18. The highest BCUT2D eigenvalue weighted by Crippen LogP contribution is 2.22. The van der Waals surface area contributed by atoms with Gasteiger partial charge < -0.3 is 9.47 Å². The minimum atomic E-state index is -3.78. The maximum atomic E-state index is 12.3. The number of benzene rings is 2. The summed E-state index contributed by atoms with van der Waals surface area (Å²) >= 11 is 5.96. The van der Waals surface area contributed by atoms with Gasteiger partial charge in [-0.3, -0.25) is 0 Å². The van der Waals surface area contributed by atoms with E-state index in [0.717, 1.165) is 0 Å². The molecule has 0 aliphatic carbocycles. The Hall–Kier alpha value is -2.09. The molecule has 6 nitrogen and oxygen atoms in total. The Morgan fingerprint density at radius 3 is 2.60 bits per heavy atom. The fraction of sp³-hybridized carbons (Fsp3) is 0.235. The van der Waals surface area contributed by atoms with Gasteiger partial charge >= 0.3 is 5.97 Å². The van der Waals surface area contributed by atoms with Gasteiger partial charge in [0.1, 0.15) is 12.4 Å². The Labute approximate surface area is 151 Å². The molecule has 0 aromatic heterocycles. The van der Waals surface area contributed by atoms with Crippen LogP contribution in [0.4, 0.5) is 0 Å². The molecular formula is C17H18ClNO5S. The third-order valence-electron chi connectivity index (χ3n) is 3.41. The zero-order valence-electron chi connectivity index (χ0n) is 13.8. The van der Waals surface area contributed by atoms with Gasteiger partial charge in [-0.25, -0.2) is 17.9 Å². The van der Waals surface area contributed by atoms with E-state index in [0.29, 0.717) is 16.3 Å². The normalized spacial score (nSPS) is 11.2. The molecule has 0 spiro atoms. The van der Waals surface area contributed by atoms with Crippen molar-refractivity contribution >= 4 is 27.6 Å². The average molecular weight is 384 g/mol. The van der Waals surface area contributed by atoms with E-state index in [4.69, 9.17) is 16.3 Å². The van der Waals surface area contributed by atoms with Gasteiger partial charge in [-0.05, 0) is 36.8 Å². The number of esters is 1. The molecule has 25 heavy (non-hydrogen) atoms. The number of aryl methyl sites for hydroxylation is 1. The van der Waals surface area contributed by atoms with Gasteiger partial charge in [0.15, 0.2) is 0 Å². The summed E-state index contributed by atoms with van der Waals surface area (Å²) in [5.41, 5.74) is 0.838. The van der Waals surface area contributed by atoms with Crippen LogP contribution in [0.3, 0.4) is 0 Å². The van der Waals surface area contributed by atoms with Crippen LogP contribution in [0.25, 0.3) is 0 Å². The van der Waals surface area contributed by atoms with Gasteiger partial charge in [0.05, 0.1) is 22.6 Å². The van der Waals surface area contributed by atoms with Crippen molar-refractivity contribution in [2.45, 2.75) is 11.8 Å². The number of carbonyl (C=O) groups excluding carboxylic acids is 1. The SMILES string of the molecule is COC(=O)c1cc(S(=O)(=O)NCCOc2ccccc2Cl)ccc1C. The van der Waals surface area contributed by atoms with E-state index in [1.807, 2.05) is 0 Å². The maximum Gasteiger partial charge on any atom is 0.338 e. The number of carbonyl (C=O) groups is 1. The van der Waals surface area contributed by atoms with Crippen molar-refractivity contribution in [2.75, 3.05) is 20.3 Å². The van der Waals surface area contributed by atoms with Crippen LogP contribution in [0.15, 0.2) is 47.4 Å². The molecule has 0 fully saturated rings. The lowest BCUT2D eigenvalue weighted by Crippen LogP contribution is -2.28. The Kier molecular flexibility index (Phi) is 6.41. The molecule has 134 valence electrons. The number of rotatable bonds is 7. The van der Waals surface area contributed by atoms with Crippen molar-refractivity contribution in [3.05, 3.63) is 58.6 Å². The minimum Gasteiger partial charge on any atom is -0.491 e. The number of para-hydroxylation sites is 1. The molecule has 0 bridgehead atoms. The first-order chi connectivity index (χ1) is 11.8. The molecule has 0 amide bonds. The number of nitrogens with one attached hydrogen (secondary N) is 1. The van der Waals surface area contributed by atoms with Crippen LogP contribution in [0, 0.1) is 6.92 Å². The fourth-order valence-corrected chi connectivity index (χ4v) is 3.31. The largest absolute Gasteiger partial charge is 0.491 e. The second kappa shape index (κ2) is 8.33. The molecule has 2 aromatic carbocycles. The van der Waals surface area contributed by atoms with E-state index in [9.17, 15) is 13.2 Å². The van der Waals surface area contributed by atoms with Crippen molar-refractivity contribution < 1.29 is 22.7 Å². The first-order valence-electron chi connectivity index (χ1n) is 7.41. The molecule has 0 saturated heterocycles. The molecule has 2 rings (SSSR count). The van der Waals surface area contributed by atoms with E-state index < -0.39 is 16.0 Å². The van der Waals surface area contributed by atoms with Gasteiger partial charge in [0.25, 0.3) is 0 Å². The lowest BCUT2D eigenvalue weighted by molar-refractivity contribution is 0.0599. The quantitative estimate of drug-likeness (QED) is 0.587. The minimum absolute atomic E-state index is 0.0174. The van der Waals surface area contributed by atoms with Gasteiger partial charge in [-0.1, -0.05) is 29.8 Å². The summed E-state index contributed by atoms with van der Waals surface area (Å²) in [5, 5.41) is 0.451. The Balaban J connectivity index is 2.02. The van der Waals surface area contributed by atoms with Gasteiger partial charge in [0.2, 0.25) is 10.0 Å². The summed E-state index contributed by atoms with van der Waals surface area (Å²) in [4.78, 5) is 11.7. The highest BCUT2D eigenvalue weighted by atomic mass is 35.5. The lowest BCUT2D eigenvalue weighted by atomic mass is 10.1. The molecule has 0 unspecified atom stereocenters. The van der Waals surface area contributed by atoms with Crippen molar-refractivity contribution in [2.24, 2.45) is 0 Å². The van der Waals surface area contributed by atoms with Crippen LogP contribution in [0.1, 0.15) is 15.9 Å². The highest BCUT2D eigenvalue weighted by molar-refractivity contribution is 7.89. The van der Waals surface area contributed by atoms with Crippen molar-refractivity contribution in [1.82, 2.24) is 4.72 Å². The number of hydrogen-bond donors (Lipinski definition) is 1. The van der Waals surface area contributed by atoms with Crippen LogP contribution in [0.5, 0.6) is 5.75 Å². The maximum absolute atomic E-state index is 12.3. The van der Waals surface area contributed by atoms with Gasteiger partial charge in [-0.15, -0.1) is 0 Å². The number of halogens is 1. The van der Waals surface area contributed by atoms with Crippen LogP contribution in [0.2, 0.25) is 5.02 Å². The highest BCUT2D eigenvalue weighted by Gasteiger charge is 2.18. The Bertz CT molecular complexity index is 867. The van der Waals surface area contributed by atoms with Crippen molar-refractivity contribution in [1.29, 1.82) is 0 Å². The van der Waals surface area contributed by atoms with Crippen molar-refractivity contribution in [3.63, 3.8) is 0 Å². The van der Waals surface area contributed by atoms with E-state index in [-0.39, 0.29) is 23.6 Å². The van der Waals surface area contributed by atoms with E-state index >= 15 is 0 Å². The number of hydrogen-bond acceptors (Lipinski definition) is 5. The monoisotopic (exact) mass is 383 g/mol. The molecule has 1 N–H and O–H groups in total. The molecule has 8 heteroatoms. The molecule has 0 saturated carbocycles. The molecule has 0 aliphatic heterocycles. The third kappa shape index (κ3) is 4.94. The summed E-state index contributed by atoms with van der Waals surface area (Å²) in [6, 6.07) is 11.2. The zero-order valence-corrected chi connectivity index (χ0v) is 15.4. The molecule has 0 aliphatic rings. The summed E-state index contributed by atoms with van der Waals surface area (Å²) in [6.07, 6.45) is 0. The van der Waals surface area contributed by atoms with Crippen LogP contribution >= 0.6 is 11.6 Å². The summed E-state index contributed by atoms with van der Waals surface area (Å²) in [7, 11) is -2.53. The summed E-state index contributed by atoms with van der Waals surface area (Å²) in [6.45, 7) is 1.86. The first kappa shape index (κ1) is 19.2. The zero-order chi connectivity index (χ0) is 18.4. The van der Waals surface area contributed by atoms with E-state index in [2.05, 4.69) is 9.46 Å². The second-order valence-electron chi connectivity index (χ2n) is 5.14. The number of methoxy groups -OCH3 is 1. The smallest absolute Gasteiger partial charge is 0.338 e. The Morgan fingerprint density at radius 1 is 1.20 bits per heavy atom. The van der Waals surface area contributed by atoms with E-state index in [1.54, 1.807) is 37.3 Å². The molecule has 0 radical (unpaired) electrons. The lowest BCUT2D eigenvalue weighted by Gasteiger charge is -2.11. The molecule has 0 heterocycles. The number of ether oxygens (including phenoxy) is 2. The topological polar surface area (TPSA) is 81.7 Å². The van der Waals surface area contributed by atoms with Gasteiger partial charge in [0, 0.05) is 6.54 Å². The van der Waals surface area contributed by atoms with Crippen molar-refractivity contribution in [3.8, 4) is 5.75 Å². The van der Waals surface area contributed by atoms with Crippen LogP contribution < -0.4 is 9.46 Å². The first-order valence-corrected chi connectivity index (χ1v) is 9.27. The molecule has 2 aromatic rings. The summed E-state index contributed by atoms with van der Waals surface area (Å²) in [5.74, 6) is -0.108. The molecule has 0 atom stereocenters. The fourth-order valence-electron chi connectivity index (χ4n) is 2.08. The second-order valence-corrected chi connectivity index (χ2v) is 7.32. The summed E-state index contributed by atoms with van der Waals surface area (Å²) < 4.78 is 37.2.